The summed E-state index contributed by atoms with van der Waals surface area (Å²) in [5, 5.41) is 0. The zero-order chi connectivity index (χ0) is 18.8. The van der Waals surface area contributed by atoms with Crippen molar-refractivity contribution in [2.24, 2.45) is 0 Å². The largest absolute Gasteiger partial charge is 0.271 e. The maximum absolute atomic E-state index is 12.4. The van der Waals surface area contributed by atoms with Crippen LogP contribution in [-0.2, 0) is 4.79 Å². The van der Waals surface area contributed by atoms with Crippen LogP contribution in [0.15, 0.2) is 48.5 Å². The Labute approximate surface area is 150 Å². The number of hydrazine groups is 1. The monoisotopic (exact) mass is 351 g/mol. The Balaban J connectivity index is 1.68. The number of imide groups is 1. The smallest absolute Gasteiger partial charge is 0.269 e. The summed E-state index contributed by atoms with van der Waals surface area (Å²) >= 11 is 0. The number of nitrogens with one attached hydrogen (secondary N) is 2. The van der Waals surface area contributed by atoms with Crippen molar-refractivity contribution in [1.29, 1.82) is 0 Å². The van der Waals surface area contributed by atoms with Crippen LogP contribution in [0, 0.1) is 6.92 Å². The summed E-state index contributed by atoms with van der Waals surface area (Å²) in [4.78, 5) is 50.1. The van der Waals surface area contributed by atoms with Crippen molar-refractivity contribution in [3.05, 3.63) is 70.8 Å². The van der Waals surface area contributed by atoms with Crippen LogP contribution in [0.5, 0.6) is 0 Å². The minimum absolute atomic E-state index is 0.265. The zero-order valence-corrected chi connectivity index (χ0v) is 14.3. The molecule has 2 N–H and O–H groups in total. The second-order valence-corrected chi connectivity index (χ2v) is 5.96. The van der Waals surface area contributed by atoms with Crippen LogP contribution in [0.3, 0.4) is 0 Å². The average molecular weight is 351 g/mol. The number of carbonyl (C=O) groups is 4. The van der Waals surface area contributed by atoms with Gasteiger partial charge < -0.3 is 0 Å². The first-order valence-electron chi connectivity index (χ1n) is 8.04. The van der Waals surface area contributed by atoms with Crippen LogP contribution in [0.25, 0.3) is 0 Å². The van der Waals surface area contributed by atoms with E-state index in [1.807, 2.05) is 0 Å². The summed E-state index contributed by atoms with van der Waals surface area (Å²) in [6.45, 7) is 3.20. The number of aryl methyl sites for hydroxylation is 1. The fourth-order valence-electron chi connectivity index (χ4n) is 2.79. The molecule has 1 aliphatic rings. The molecule has 0 aliphatic carbocycles. The van der Waals surface area contributed by atoms with E-state index in [4.69, 9.17) is 0 Å². The number of nitrogens with zero attached hydrogens (tertiary/aromatic N) is 1. The van der Waals surface area contributed by atoms with Gasteiger partial charge in [0.15, 0.2) is 0 Å². The third-order valence-corrected chi connectivity index (χ3v) is 4.28. The van der Waals surface area contributed by atoms with E-state index in [1.54, 1.807) is 55.5 Å². The molecule has 0 aromatic heterocycles. The maximum Gasteiger partial charge on any atom is 0.269 e. The molecule has 4 amide bonds. The lowest BCUT2D eigenvalue weighted by Crippen LogP contribution is -2.52. The Morgan fingerprint density at radius 1 is 0.885 bits per heavy atom. The van der Waals surface area contributed by atoms with Gasteiger partial charge in [-0.15, -0.1) is 0 Å². The minimum Gasteiger partial charge on any atom is -0.271 e. The lowest BCUT2D eigenvalue weighted by molar-refractivity contribution is -0.125. The lowest BCUT2D eigenvalue weighted by Gasteiger charge is -2.21. The lowest BCUT2D eigenvalue weighted by atomic mass is 10.1. The van der Waals surface area contributed by atoms with E-state index >= 15 is 0 Å². The number of carbonyl (C=O) groups excluding carboxylic acids is 4. The van der Waals surface area contributed by atoms with E-state index in [1.165, 1.54) is 6.92 Å². The van der Waals surface area contributed by atoms with Crippen LogP contribution in [0.4, 0.5) is 0 Å². The molecule has 0 saturated carbocycles. The Hall–Kier alpha value is -3.48. The summed E-state index contributed by atoms with van der Waals surface area (Å²) < 4.78 is 0. The van der Waals surface area contributed by atoms with Gasteiger partial charge in [-0.25, -0.2) is 0 Å². The zero-order valence-electron chi connectivity index (χ0n) is 14.3. The average Bonchev–Trinajstić information content (AvgIpc) is 2.90. The van der Waals surface area contributed by atoms with Crippen LogP contribution in [0.1, 0.15) is 43.6 Å². The Morgan fingerprint density at radius 2 is 1.42 bits per heavy atom. The molecule has 0 unspecified atom stereocenters. The third kappa shape index (κ3) is 2.95. The SMILES string of the molecule is Cc1ccccc1C(=O)NNC(=O)[C@H](C)N1C(=O)c2ccccc2C1=O. The van der Waals surface area contributed by atoms with Crippen molar-refractivity contribution in [1.82, 2.24) is 15.8 Å². The molecule has 2 aromatic carbocycles. The molecular formula is C19H17N3O4. The van der Waals surface area contributed by atoms with E-state index < -0.39 is 29.7 Å². The van der Waals surface area contributed by atoms with Crippen molar-refractivity contribution < 1.29 is 19.2 Å². The molecule has 0 radical (unpaired) electrons. The van der Waals surface area contributed by atoms with Crippen LogP contribution >= 0.6 is 0 Å². The number of amides is 4. The number of hydrogen-bond acceptors (Lipinski definition) is 4. The predicted octanol–water partition coefficient (Wildman–Crippen LogP) is 1.44. The van der Waals surface area contributed by atoms with Crippen molar-refractivity contribution >= 4 is 23.6 Å². The quantitative estimate of drug-likeness (QED) is 0.646. The highest BCUT2D eigenvalue weighted by atomic mass is 16.2. The summed E-state index contributed by atoms with van der Waals surface area (Å²) in [7, 11) is 0. The fraction of sp³-hybridized carbons (Fsp3) is 0.158. The minimum atomic E-state index is -1.07. The fourth-order valence-corrected chi connectivity index (χ4v) is 2.79. The van der Waals surface area contributed by atoms with E-state index in [2.05, 4.69) is 10.9 Å². The molecule has 26 heavy (non-hydrogen) atoms. The van der Waals surface area contributed by atoms with Gasteiger partial charge in [0, 0.05) is 5.56 Å². The highest BCUT2D eigenvalue weighted by Gasteiger charge is 2.40. The second-order valence-electron chi connectivity index (χ2n) is 5.96. The van der Waals surface area contributed by atoms with Gasteiger partial charge in [-0.3, -0.25) is 34.9 Å². The Bertz CT molecular complexity index is 888. The van der Waals surface area contributed by atoms with Gasteiger partial charge in [0.2, 0.25) is 0 Å². The molecule has 7 heteroatoms. The molecular weight excluding hydrogens is 334 g/mol. The van der Waals surface area contributed by atoms with E-state index in [0.29, 0.717) is 5.56 Å². The Morgan fingerprint density at radius 3 is 2.00 bits per heavy atom. The van der Waals surface area contributed by atoms with E-state index in [0.717, 1.165) is 10.5 Å². The second kappa shape index (κ2) is 6.79. The molecule has 1 atom stereocenters. The molecule has 0 saturated heterocycles. The number of hydrogen-bond donors (Lipinski definition) is 2. The topological polar surface area (TPSA) is 95.6 Å². The molecule has 0 spiro atoms. The Kier molecular flexibility index (Phi) is 4.53. The van der Waals surface area contributed by atoms with Crippen LogP contribution < -0.4 is 10.9 Å². The normalized spacial score (nSPS) is 14.0. The first-order chi connectivity index (χ1) is 12.4. The number of fused-ring (bicyclic) bond motifs is 1. The summed E-state index contributed by atoms with van der Waals surface area (Å²) in [5.41, 5.74) is 6.28. The van der Waals surface area contributed by atoms with Crippen LogP contribution in [-0.4, -0.2) is 34.6 Å². The summed E-state index contributed by atoms with van der Waals surface area (Å²) in [6, 6.07) is 12.2. The number of rotatable bonds is 3. The van der Waals surface area contributed by atoms with Crippen molar-refractivity contribution in [2.75, 3.05) is 0 Å². The van der Waals surface area contributed by atoms with Crippen molar-refractivity contribution in [2.45, 2.75) is 19.9 Å². The predicted molar refractivity (Wildman–Crippen MR) is 93.2 cm³/mol. The van der Waals surface area contributed by atoms with Gasteiger partial charge >= 0.3 is 0 Å². The van der Waals surface area contributed by atoms with Gasteiger partial charge in [-0.2, -0.15) is 0 Å². The molecule has 3 rings (SSSR count). The molecule has 0 fully saturated rings. The van der Waals surface area contributed by atoms with Gasteiger partial charge in [0.1, 0.15) is 6.04 Å². The van der Waals surface area contributed by atoms with E-state index in [9.17, 15) is 19.2 Å². The third-order valence-electron chi connectivity index (χ3n) is 4.28. The number of benzene rings is 2. The molecule has 1 aliphatic heterocycles. The van der Waals surface area contributed by atoms with Gasteiger partial charge in [0.05, 0.1) is 11.1 Å². The molecule has 1 heterocycles. The molecule has 132 valence electrons. The van der Waals surface area contributed by atoms with E-state index in [-0.39, 0.29) is 11.1 Å². The van der Waals surface area contributed by atoms with Gasteiger partial charge in [-0.05, 0) is 37.6 Å². The highest BCUT2D eigenvalue weighted by molar-refractivity contribution is 6.22. The van der Waals surface area contributed by atoms with Crippen molar-refractivity contribution in [3.63, 3.8) is 0 Å². The van der Waals surface area contributed by atoms with Gasteiger partial charge in [0.25, 0.3) is 23.6 Å². The first-order valence-corrected chi connectivity index (χ1v) is 8.04. The molecule has 0 bridgehead atoms. The summed E-state index contributed by atoms with van der Waals surface area (Å²) in [5.74, 6) is -2.20. The summed E-state index contributed by atoms with van der Waals surface area (Å²) in [6.07, 6.45) is 0. The molecule has 2 aromatic rings. The maximum atomic E-state index is 12.4. The highest BCUT2D eigenvalue weighted by Crippen LogP contribution is 2.24. The molecule has 7 nitrogen and oxygen atoms in total. The van der Waals surface area contributed by atoms with Gasteiger partial charge in [-0.1, -0.05) is 30.3 Å². The first kappa shape index (κ1) is 17.3. The van der Waals surface area contributed by atoms with Crippen molar-refractivity contribution in [3.8, 4) is 0 Å². The standard InChI is InChI=1S/C19H17N3O4/c1-11-7-3-4-8-13(11)17(24)21-20-16(23)12(2)22-18(25)14-9-5-6-10-15(14)19(22)26/h3-10,12H,1-2H3,(H,20,23)(H,21,24)/t12-/m0/s1. The van der Waals surface area contributed by atoms with Crippen LogP contribution in [0.2, 0.25) is 0 Å².